The fraction of sp³-hybridized carbons (Fsp3) is 0.667. The molecule has 3 saturated heterocycles. The molecular weight excluding hydrogens is 372 g/mol. The summed E-state index contributed by atoms with van der Waals surface area (Å²) in [6.45, 7) is 3.19. The Morgan fingerprint density at radius 3 is 2.90 bits per heavy atom. The number of hydrogen-bond donors (Lipinski definition) is 2. The van der Waals surface area contributed by atoms with E-state index < -0.39 is 12.1 Å². The summed E-state index contributed by atoms with van der Waals surface area (Å²) >= 11 is 0. The lowest BCUT2D eigenvalue weighted by atomic mass is 9.83. The van der Waals surface area contributed by atoms with Crippen molar-refractivity contribution in [1.82, 2.24) is 20.4 Å². The first-order valence-corrected chi connectivity index (χ1v) is 10.8. The highest BCUT2D eigenvalue weighted by Crippen LogP contribution is 2.30. The van der Waals surface area contributed by atoms with Crippen LogP contribution in [-0.4, -0.2) is 59.4 Å². The normalized spacial score (nSPS) is 27.6. The van der Waals surface area contributed by atoms with Gasteiger partial charge in [-0.2, -0.15) is 0 Å². The molecule has 1 aromatic heterocycles. The first-order chi connectivity index (χ1) is 14.1. The van der Waals surface area contributed by atoms with Crippen LogP contribution in [0.25, 0.3) is 0 Å². The topological polar surface area (TPSA) is 94.9 Å². The molecule has 0 unspecified atom stereocenters. The number of nitrogens with one attached hydrogen (secondary N) is 2. The Morgan fingerprint density at radius 1 is 1.21 bits per heavy atom. The molecule has 2 N–H and O–H groups in total. The number of amides is 4. The highest BCUT2D eigenvalue weighted by molar-refractivity contribution is 6.04. The van der Waals surface area contributed by atoms with Crippen molar-refractivity contribution in [3.05, 3.63) is 24.2 Å². The van der Waals surface area contributed by atoms with Crippen molar-refractivity contribution in [3.8, 4) is 0 Å². The summed E-state index contributed by atoms with van der Waals surface area (Å²) in [5, 5.41) is 5.74. The monoisotopic (exact) mass is 402 g/mol. The maximum atomic E-state index is 12.5. The van der Waals surface area contributed by atoms with Gasteiger partial charge in [0.25, 0.3) is 5.91 Å². The molecule has 8 nitrogen and oxygen atoms in total. The van der Waals surface area contributed by atoms with Gasteiger partial charge in [-0.25, -0.2) is 4.79 Å². The summed E-state index contributed by atoms with van der Waals surface area (Å²) in [7, 11) is 0. The van der Waals surface area contributed by atoms with Crippen LogP contribution in [0.5, 0.6) is 0 Å². The molecule has 3 fully saturated rings. The third kappa shape index (κ3) is 4.63. The lowest BCUT2D eigenvalue weighted by Gasteiger charge is -2.44. The van der Waals surface area contributed by atoms with Crippen molar-refractivity contribution in [2.75, 3.05) is 19.6 Å². The summed E-state index contributed by atoms with van der Waals surface area (Å²) in [5.41, 5.74) is 0. The molecule has 8 heteroatoms. The number of rotatable bonds is 7. The molecule has 0 saturated carbocycles. The van der Waals surface area contributed by atoms with E-state index in [1.807, 2.05) is 0 Å². The van der Waals surface area contributed by atoms with Gasteiger partial charge >= 0.3 is 6.03 Å². The quantitative estimate of drug-likeness (QED) is 0.679. The molecule has 0 bridgehead atoms. The molecule has 29 heavy (non-hydrogen) atoms. The van der Waals surface area contributed by atoms with E-state index in [-0.39, 0.29) is 24.8 Å². The lowest BCUT2D eigenvalue weighted by molar-refractivity contribution is -0.128. The van der Waals surface area contributed by atoms with Gasteiger partial charge in [0.15, 0.2) is 0 Å². The number of nitrogens with zero attached hydrogens (tertiary/aromatic N) is 2. The van der Waals surface area contributed by atoms with Crippen LogP contribution in [0.1, 0.15) is 50.7 Å². The Morgan fingerprint density at radius 2 is 2.07 bits per heavy atom. The van der Waals surface area contributed by atoms with Crippen molar-refractivity contribution in [3.63, 3.8) is 0 Å². The minimum atomic E-state index is -0.647. The third-order valence-corrected chi connectivity index (χ3v) is 6.45. The van der Waals surface area contributed by atoms with Crippen LogP contribution < -0.4 is 10.6 Å². The molecule has 0 aliphatic carbocycles. The fourth-order valence-electron chi connectivity index (χ4n) is 4.90. The molecule has 4 rings (SSSR count). The van der Waals surface area contributed by atoms with E-state index in [0.717, 1.165) is 4.90 Å². The van der Waals surface area contributed by atoms with Gasteiger partial charge in [-0.1, -0.05) is 6.42 Å². The number of furan rings is 1. The average Bonchev–Trinajstić information content (AvgIpc) is 3.34. The van der Waals surface area contributed by atoms with Gasteiger partial charge in [0, 0.05) is 19.0 Å². The first-order valence-electron chi connectivity index (χ1n) is 10.8. The number of hydrogen-bond acceptors (Lipinski definition) is 5. The van der Waals surface area contributed by atoms with Crippen LogP contribution >= 0.6 is 0 Å². The fourth-order valence-corrected chi connectivity index (χ4v) is 4.90. The maximum absolute atomic E-state index is 12.5. The predicted molar refractivity (Wildman–Crippen MR) is 106 cm³/mol. The number of carbonyl (C=O) groups excluding carboxylic acids is 3. The molecule has 4 heterocycles. The lowest BCUT2D eigenvalue weighted by Crippen LogP contribution is -2.51. The van der Waals surface area contributed by atoms with E-state index in [9.17, 15) is 14.4 Å². The summed E-state index contributed by atoms with van der Waals surface area (Å²) < 4.78 is 5.21. The van der Waals surface area contributed by atoms with Gasteiger partial charge in [0.2, 0.25) is 5.91 Å². The van der Waals surface area contributed by atoms with Gasteiger partial charge < -0.3 is 20.0 Å². The first kappa shape index (κ1) is 19.9. The van der Waals surface area contributed by atoms with Crippen LogP contribution in [0, 0.1) is 5.92 Å². The largest absolute Gasteiger partial charge is 0.467 e. The van der Waals surface area contributed by atoms with E-state index in [1.54, 1.807) is 12.1 Å². The Bertz CT molecular complexity index is 733. The number of urea groups is 1. The SMILES string of the molecule is O=C(CC[C@@H]1NC(=O)N(Cc2ccco2)C1=O)NC[C@@H]1CCCN2CCCC[C@H]12. The zero-order chi connectivity index (χ0) is 20.2. The summed E-state index contributed by atoms with van der Waals surface area (Å²) in [5.74, 6) is 0.717. The number of piperidine rings is 2. The predicted octanol–water partition coefficient (Wildman–Crippen LogP) is 1.86. The molecule has 3 aliphatic heterocycles. The zero-order valence-corrected chi connectivity index (χ0v) is 16.8. The van der Waals surface area contributed by atoms with Crippen molar-refractivity contribution in [1.29, 1.82) is 0 Å². The highest BCUT2D eigenvalue weighted by atomic mass is 16.3. The smallest absolute Gasteiger partial charge is 0.325 e. The summed E-state index contributed by atoms with van der Waals surface area (Å²) in [6.07, 6.45) is 8.21. The van der Waals surface area contributed by atoms with Crippen molar-refractivity contribution >= 4 is 17.8 Å². The molecular formula is C21H30N4O4. The summed E-state index contributed by atoms with van der Waals surface area (Å²) in [6, 6.07) is 2.96. The third-order valence-electron chi connectivity index (χ3n) is 6.45. The number of fused-ring (bicyclic) bond motifs is 1. The Labute approximate surface area is 171 Å². The minimum absolute atomic E-state index is 0.0514. The molecule has 0 aromatic carbocycles. The second-order valence-electron chi connectivity index (χ2n) is 8.35. The van der Waals surface area contributed by atoms with E-state index in [4.69, 9.17) is 4.42 Å². The average molecular weight is 402 g/mol. The second-order valence-corrected chi connectivity index (χ2v) is 8.35. The van der Waals surface area contributed by atoms with Crippen LogP contribution in [0.3, 0.4) is 0 Å². The van der Waals surface area contributed by atoms with Gasteiger partial charge in [-0.05, 0) is 63.2 Å². The van der Waals surface area contributed by atoms with Crippen LogP contribution in [0.2, 0.25) is 0 Å². The van der Waals surface area contributed by atoms with E-state index in [0.29, 0.717) is 30.7 Å². The molecule has 0 radical (unpaired) electrons. The van der Waals surface area contributed by atoms with Gasteiger partial charge in [0.1, 0.15) is 11.8 Å². The van der Waals surface area contributed by atoms with Crippen molar-refractivity contribution in [2.45, 2.75) is 63.6 Å². The van der Waals surface area contributed by atoms with Gasteiger partial charge in [-0.3, -0.25) is 14.5 Å². The molecule has 0 spiro atoms. The molecule has 3 aliphatic rings. The number of imide groups is 1. The molecule has 1 aromatic rings. The Hall–Kier alpha value is -2.35. The number of carbonyl (C=O) groups is 3. The zero-order valence-electron chi connectivity index (χ0n) is 16.8. The van der Waals surface area contributed by atoms with Crippen molar-refractivity contribution < 1.29 is 18.8 Å². The molecule has 4 amide bonds. The Kier molecular flexibility index (Phi) is 6.18. The van der Waals surface area contributed by atoms with Crippen LogP contribution in [0.15, 0.2) is 22.8 Å². The maximum Gasteiger partial charge on any atom is 0.325 e. The van der Waals surface area contributed by atoms with E-state index in [2.05, 4.69) is 15.5 Å². The minimum Gasteiger partial charge on any atom is -0.467 e. The standard InChI is InChI=1S/C21H30N4O4/c26-19(22-13-15-5-3-11-24-10-2-1-7-18(15)24)9-8-17-20(27)25(21(28)23-17)14-16-6-4-12-29-16/h4,6,12,15,17-18H,1-3,5,7-11,13-14H2,(H,22,26)(H,23,28)/t15-,17-,18+/m0/s1. The van der Waals surface area contributed by atoms with Crippen molar-refractivity contribution in [2.24, 2.45) is 5.92 Å². The van der Waals surface area contributed by atoms with E-state index >= 15 is 0 Å². The van der Waals surface area contributed by atoms with Crippen LogP contribution in [0.4, 0.5) is 4.79 Å². The highest BCUT2D eigenvalue weighted by Gasteiger charge is 2.38. The van der Waals surface area contributed by atoms with Crippen LogP contribution in [-0.2, 0) is 16.1 Å². The summed E-state index contributed by atoms with van der Waals surface area (Å²) in [4.78, 5) is 40.6. The van der Waals surface area contributed by atoms with E-state index in [1.165, 1.54) is 51.5 Å². The second kappa shape index (κ2) is 8.98. The molecule has 3 atom stereocenters. The Balaban J connectivity index is 1.21. The van der Waals surface area contributed by atoms with Gasteiger partial charge in [-0.15, -0.1) is 0 Å². The van der Waals surface area contributed by atoms with Gasteiger partial charge in [0.05, 0.1) is 12.8 Å². The molecule has 158 valence electrons.